The molecule has 0 atom stereocenters. The molecule has 0 radical (unpaired) electrons. The zero-order valence-corrected chi connectivity index (χ0v) is 20.3. The summed E-state index contributed by atoms with van der Waals surface area (Å²) in [6.45, 7) is 13.9. The van der Waals surface area contributed by atoms with Gasteiger partial charge in [0.15, 0.2) is 0 Å². The summed E-state index contributed by atoms with van der Waals surface area (Å²) in [5, 5.41) is 3.02. The molecule has 0 bridgehead atoms. The summed E-state index contributed by atoms with van der Waals surface area (Å²) in [5.41, 5.74) is 0.418. The van der Waals surface area contributed by atoms with Crippen LogP contribution in [0.3, 0.4) is 0 Å². The number of likely N-dealkylation sites (tertiary alicyclic amines) is 1. The van der Waals surface area contributed by atoms with Crippen LogP contribution in [0.1, 0.15) is 85.3 Å². The van der Waals surface area contributed by atoms with E-state index < -0.39 is 22.8 Å². The van der Waals surface area contributed by atoms with Crippen LogP contribution in [-0.4, -0.2) is 41.4 Å². The fourth-order valence-electron chi connectivity index (χ4n) is 3.64. The molecule has 2 amide bonds. The third kappa shape index (κ3) is 7.75. The minimum atomic E-state index is -0.681. The van der Waals surface area contributed by atoms with Crippen molar-refractivity contribution in [3.63, 3.8) is 0 Å². The van der Waals surface area contributed by atoms with Crippen LogP contribution < -0.4 is 5.32 Å². The number of hydrogen-bond donors (Lipinski definition) is 1. The molecule has 1 aliphatic heterocycles. The van der Waals surface area contributed by atoms with Crippen LogP contribution in [0, 0.1) is 0 Å². The Morgan fingerprint density at radius 3 is 2.03 bits per heavy atom. The molecule has 174 valence electrons. The average molecular weight is 433 g/mol. The van der Waals surface area contributed by atoms with E-state index in [9.17, 15) is 9.59 Å². The number of ether oxygens (including phenoxy) is 2. The first kappa shape index (κ1) is 25.0. The number of carbonyl (C=O) groups excluding carboxylic acids is 2. The summed E-state index contributed by atoms with van der Waals surface area (Å²) in [4.78, 5) is 26.6. The highest BCUT2D eigenvalue weighted by Crippen LogP contribution is 2.34. The Labute approximate surface area is 187 Å². The van der Waals surface area contributed by atoms with Crippen molar-refractivity contribution in [2.24, 2.45) is 0 Å². The van der Waals surface area contributed by atoms with Gasteiger partial charge in [0.1, 0.15) is 16.7 Å². The van der Waals surface area contributed by atoms with Gasteiger partial charge in [-0.05, 0) is 65.5 Å². The van der Waals surface area contributed by atoms with Crippen molar-refractivity contribution in [2.45, 2.75) is 97.3 Å². The standard InChI is InChI=1S/C25H40N2O4/c1-8-9-10-11-12-19-13-15-20(16-14-19)25(26-21(28)30-23(2,3)4)17-27(18-25)22(29)31-24(5,6)7/h13-16H,8-12,17-18H2,1-7H3,(H,26,28). The highest BCUT2D eigenvalue weighted by Gasteiger charge is 2.49. The lowest BCUT2D eigenvalue weighted by atomic mass is 9.82. The van der Waals surface area contributed by atoms with Gasteiger partial charge < -0.3 is 19.7 Å². The minimum absolute atomic E-state index is 0.344. The summed E-state index contributed by atoms with van der Waals surface area (Å²) >= 11 is 0. The Morgan fingerprint density at radius 1 is 0.935 bits per heavy atom. The van der Waals surface area contributed by atoms with E-state index in [1.165, 1.54) is 31.2 Å². The number of nitrogens with one attached hydrogen (secondary N) is 1. The van der Waals surface area contributed by atoms with Crippen molar-refractivity contribution < 1.29 is 19.1 Å². The molecular weight excluding hydrogens is 392 g/mol. The molecule has 0 aliphatic carbocycles. The number of carbonyl (C=O) groups is 2. The van der Waals surface area contributed by atoms with Gasteiger partial charge >= 0.3 is 12.2 Å². The van der Waals surface area contributed by atoms with Gasteiger partial charge in [0.05, 0.1) is 13.1 Å². The van der Waals surface area contributed by atoms with Crippen LogP contribution in [0.25, 0.3) is 0 Å². The number of aryl methyl sites for hydroxylation is 1. The molecular formula is C25H40N2O4. The maximum absolute atomic E-state index is 12.5. The molecule has 0 spiro atoms. The second-order valence-corrected chi connectivity index (χ2v) is 10.6. The van der Waals surface area contributed by atoms with Crippen LogP contribution >= 0.6 is 0 Å². The molecule has 1 heterocycles. The van der Waals surface area contributed by atoms with Crippen LogP contribution in [0.4, 0.5) is 9.59 Å². The molecule has 0 saturated carbocycles. The zero-order chi connectivity index (χ0) is 23.3. The first-order valence-electron chi connectivity index (χ1n) is 11.4. The van der Waals surface area contributed by atoms with Crippen LogP contribution in [-0.2, 0) is 21.4 Å². The molecule has 6 heteroatoms. The first-order chi connectivity index (χ1) is 14.3. The number of alkyl carbamates (subject to hydrolysis) is 1. The fourth-order valence-corrected chi connectivity index (χ4v) is 3.64. The Hall–Kier alpha value is -2.24. The van der Waals surface area contributed by atoms with Crippen LogP contribution in [0.5, 0.6) is 0 Å². The molecule has 1 aromatic carbocycles. The summed E-state index contributed by atoms with van der Waals surface area (Å²) < 4.78 is 11.0. The van der Waals surface area contributed by atoms with Gasteiger partial charge in [-0.1, -0.05) is 50.5 Å². The third-order valence-corrected chi connectivity index (χ3v) is 5.14. The summed E-state index contributed by atoms with van der Waals surface area (Å²) in [7, 11) is 0. The average Bonchev–Trinajstić information content (AvgIpc) is 2.59. The minimum Gasteiger partial charge on any atom is -0.444 e. The van der Waals surface area contributed by atoms with E-state index in [-0.39, 0.29) is 6.09 Å². The van der Waals surface area contributed by atoms with Gasteiger partial charge in [0.25, 0.3) is 0 Å². The van der Waals surface area contributed by atoms with E-state index in [1.807, 2.05) is 41.5 Å². The smallest absolute Gasteiger partial charge is 0.410 e. The first-order valence-corrected chi connectivity index (χ1v) is 11.4. The maximum atomic E-state index is 12.5. The predicted octanol–water partition coefficient (Wildman–Crippen LogP) is 5.78. The van der Waals surface area contributed by atoms with Crippen molar-refractivity contribution in [3.8, 4) is 0 Å². The highest BCUT2D eigenvalue weighted by atomic mass is 16.6. The molecule has 0 unspecified atom stereocenters. The molecule has 1 saturated heterocycles. The Kier molecular flexibility index (Phi) is 8.01. The van der Waals surface area contributed by atoms with Crippen molar-refractivity contribution in [1.82, 2.24) is 10.2 Å². The van der Waals surface area contributed by atoms with Crippen molar-refractivity contribution in [3.05, 3.63) is 35.4 Å². The second kappa shape index (κ2) is 9.92. The van der Waals surface area contributed by atoms with Gasteiger partial charge in [0, 0.05) is 0 Å². The number of unbranched alkanes of at least 4 members (excludes halogenated alkanes) is 3. The van der Waals surface area contributed by atoms with E-state index >= 15 is 0 Å². The fraction of sp³-hybridized carbons (Fsp3) is 0.680. The zero-order valence-electron chi connectivity index (χ0n) is 20.3. The van der Waals surface area contributed by atoms with Gasteiger partial charge in [-0.2, -0.15) is 0 Å². The molecule has 0 aromatic heterocycles. The number of hydrogen-bond acceptors (Lipinski definition) is 4. The molecule has 6 nitrogen and oxygen atoms in total. The molecule has 2 rings (SSSR count). The lowest BCUT2D eigenvalue weighted by Gasteiger charge is -2.50. The number of benzene rings is 1. The van der Waals surface area contributed by atoms with E-state index in [0.717, 1.165) is 12.0 Å². The maximum Gasteiger partial charge on any atom is 0.410 e. The molecule has 31 heavy (non-hydrogen) atoms. The Bertz CT molecular complexity index is 738. The summed E-state index contributed by atoms with van der Waals surface area (Å²) in [5.74, 6) is 0. The topological polar surface area (TPSA) is 67.9 Å². The molecule has 1 N–H and O–H groups in total. The van der Waals surface area contributed by atoms with Gasteiger partial charge in [-0.3, -0.25) is 0 Å². The summed E-state index contributed by atoms with van der Waals surface area (Å²) in [6, 6.07) is 8.35. The van der Waals surface area contributed by atoms with Crippen molar-refractivity contribution >= 4 is 12.2 Å². The normalized spacial score (nSPS) is 15.8. The van der Waals surface area contributed by atoms with Crippen molar-refractivity contribution in [1.29, 1.82) is 0 Å². The largest absolute Gasteiger partial charge is 0.444 e. The second-order valence-electron chi connectivity index (χ2n) is 10.6. The molecule has 1 aromatic rings. The number of rotatable bonds is 7. The van der Waals surface area contributed by atoms with E-state index in [0.29, 0.717) is 13.1 Å². The lowest BCUT2D eigenvalue weighted by Crippen LogP contribution is -2.69. The molecule has 1 fully saturated rings. The Morgan fingerprint density at radius 2 is 1.52 bits per heavy atom. The summed E-state index contributed by atoms with van der Waals surface area (Å²) in [6.07, 6.45) is 5.11. The van der Waals surface area contributed by atoms with Gasteiger partial charge in [-0.25, -0.2) is 9.59 Å². The van der Waals surface area contributed by atoms with Crippen molar-refractivity contribution in [2.75, 3.05) is 13.1 Å². The van der Waals surface area contributed by atoms with Gasteiger partial charge in [-0.15, -0.1) is 0 Å². The van der Waals surface area contributed by atoms with E-state index in [1.54, 1.807) is 4.90 Å². The van der Waals surface area contributed by atoms with Gasteiger partial charge in [0.2, 0.25) is 0 Å². The van der Waals surface area contributed by atoms with E-state index in [4.69, 9.17) is 9.47 Å². The lowest BCUT2D eigenvalue weighted by molar-refractivity contribution is -0.0230. The van der Waals surface area contributed by atoms with Crippen LogP contribution in [0.2, 0.25) is 0 Å². The SMILES string of the molecule is CCCCCCc1ccc(C2(NC(=O)OC(C)(C)C)CN(C(=O)OC(C)(C)C)C2)cc1. The van der Waals surface area contributed by atoms with E-state index in [2.05, 4.69) is 36.5 Å². The predicted molar refractivity (Wildman–Crippen MR) is 123 cm³/mol. The number of nitrogens with zero attached hydrogens (tertiary/aromatic N) is 1. The van der Waals surface area contributed by atoms with Crippen LogP contribution in [0.15, 0.2) is 24.3 Å². The monoisotopic (exact) mass is 432 g/mol. The third-order valence-electron chi connectivity index (χ3n) is 5.14. The highest BCUT2D eigenvalue weighted by molar-refractivity contribution is 5.73. The number of amides is 2. The Balaban J connectivity index is 2.12. The molecule has 1 aliphatic rings. The quantitative estimate of drug-likeness (QED) is 0.555.